The average molecular weight is 447 g/mol. The summed E-state index contributed by atoms with van der Waals surface area (Å²) in [6.45, 7) is -0.689. The third-order valence-electron chi connectivity index (χ3n) is 3.50. The van der Waals surface area contributed by atoms with Gasteiger partial charge in [-0.3, -0.25) is 4.79 Å². The Hall–Kier alpha value is -2.33. The van der Waals surface area contributed by atoms with Crippen LogP contribution in [0.4, 0.5) is 5.69 Å². The molecule has 0 radical (unpaired) electrons. The lowest BCUT2D eigenvalue weighted by Crippen LogP contribution is -2.23. The van der Waals surface area contributed by atoms with E-state index in [9.17, 15) is 23.1 Å². The molecular weight excluding hydrogens is 431 g/mol. The van der Waals surface area contributed by atoms with Gasteiger partial charge in [0.05, 0.1) is 15.6 Å². The number of hydrogen-bond acceptors (Lipinski definition) is 6. The summed E-state index contributed by atoms with van der Waals surface area (Å²) < 4.78 is 30.2. The summed E-state index contributed by atoms with van der Waals surface area (Å²) in [4.78, 5) is 24.0. The quantitative estimate of drug-likeness (QED) is 0.659. The lowest BCUT2D eigenvalue weighted by molar-refractivity contribution is -0.119. The second kappa shape index (κ2) is 8.78. The fourth-order valence-electron chi connectivity index (χ4n) is 2.04. The first-order chi connectivity index (χ1) is 13.0. The van der Waals surface area contributed by atoms with Gasteiger partial charge in [-0.1, -0.05) is 23.2 Å². The Kier molecular flexibility index (Phi) is 6.89. The molecule has 0 aromatic heterocycles. The number of anilines is 1. The number of rotatable bonds is 6. The summed E-state index contributed by atoms with van der Waals surface area (Å²) in [5, 5.41) is 12.3. The van der Waals surface area contributed by atoms with Crippen LogP contribution in [0.5, 0.6) is 5.75 Å². The fourth-order valence-corrected chi connectivity index (χ4v) is 3.30. The van der Waals surface area contributed by atoms with Crippen molar-refractivity contribution in [2.45, 2.75) is 4.90 Å². The van der Waals surface area contributed by atoms with E-state index < -0.39 is 28.5 Å². The summed E-state index contributed by atoms with van der Waals surface area (Å²) in [5.41, 5.74) is -0.159. The van der Waals surface area contributed by atoms with Crippen LogP contribution in [0.2, 0.25) is 10.0 Å². The van der Waals surface area contributed by atoms with Crippen LogP contribution in [0.3, 0.4) is 0 Å². The monoisotopic (exact) mass is 446 g/mol. The van der Waals surface area contributed by atoms with Crippen LogP contribution >= 0.6 is 23.2 Å². The molecule has 0 saturated heterocycles. The van der Waals surface area contributed by atoms with Crippen molar-refractivity contribution in [3.05, 3.63) is 52.0 Å². The van der Waals surface area contributed by atoms with Gasteiger partial charge in [0.2, 0.25) is 10.0 Å². The smallest absolute Gasteiger partial charge is 0.342 e. The topological polar surface area (TPSA) is 113 Å². The zero-order chi connectivity index (χ0) is 21.1. The summed E-state index contributed by atoms with van der Waals surface area (Å²) in [6, 6.07) is 7.62. The molecule has 0 atom stereocenters. The molecule has 0 spiro atoms. The first kappa shape index (κ1) is 22.0. The molecule has 0 saturated carbocycles. The molecule has 11 heteroatoms. The molecule has 0 aliphatic rings. The van der Waals surface area contributed by atoms with Gasteiger partial charge in [-0.15, -0.1) is 0 Å². The minimum absolute atomic E-state index is 0.0382. The van der Waals surface area contributed by atoms with Gasteiger partial charge in [-0.2, -0.15) is 0 Å². The van der Waals surface area contributed by atoms with Crippen molar-refractivity contribution in [1.29, 1.82) is 0 Å². The number of hydrogen-bond donors (Lipinski definition) is 2. The number of phenolic OH excluding ortho intramolecular Hbond substituents is 1. The van der Waals surface area contributed by atoms with Gasteiger partial charge in [0, 0.05) is 19.1 Å². The summed E-state index contributed by atoms with van der Waals surface area (Å²) in [5.74, 6) is -2.05. The number of nitrogens with zero attached hydrogens (tertiary/aromatic N) is 1. The molecule has 2 rings (SSSR count). The molecule has 2 N–H and O–H groups in total. The zero-order valence-corrected chi connectivity index (χ0v) is 17.1. The lowest BCUT2D eigenvalue weighted by Gasteiger charge is -2.14. The lowest BCUT2D eigenvalue weighted by atomic mass is 10.2. The Morgan fingerprint density at radius 3 is 2.46 bits per heavy atom. The predicted molar refractivity (Wildman–Crippen MR) is 104 cm³/mol. The van der Waals surface area contributed by atoms with Crippen molar-refractivity contribution < 1.29 is 27.9 Å². The number of nitrogens with one attached hydrogen (secondary N) is 1. The number of benzene rings is 2. The molecule has 0 aliphatic carbocycles. The van der Waals surface area contributed by atoms with E-state index in [2.05, 4.69) is 5.32 Å². The number of amides is 1. The van der Waals surface area contributed by atoms with Crippen LogP contribution in [0.25, 0.3) is 0 Å². The summed E-state index contributed by atoms with van der Waals surface area (Å²) in [7, 11) is -0.989. The minimum atomic E-state index is -3.72. The van der Waals surface area contributed by atoms with Gasteiger partial charge < -0.3 is 15.2 Å². The second-order valence-corrected chi connectivity index (χ2v) is 8.71. The Balaban J connectivity index is 2.09. The number of sulfonamides is 1. The molecule has 8 nitrogen and oxygen atoms in total. The van der Waals surface area contributed by atoms with E-state index in [1.54, 1.807) is 0 Å². The molecule has 0 aliphatic heterocycles. The maximum Gasteiger partial charge on any atom is 0.342 e. The third kappa shape index (κ3) is 5.14. The maximum absolute atomic E-state index is 12.2. The number of halogens is 2. The van der Waals surface area contributed by atoms with Crippen LogP contribution < -0.4 is 5.32 Å². The Bertz CT molecular complexity index is 1020. The highest BCUT2D eigenvalue weighted by Gasteiger charge is 2.20. The van der Waals surface area contributed by atoms with Gasteiger partial charge in [0.25, 0.3) is 5.91 Å². The van der Waals surface area contributed by atoms with Gasteiger partial charge in [0.15, 0.2) is 6.61 Å². The van der Waals surface area contributed by atoms with E-state index in [0.29, 0.717) is 0 Å². The van der Waals surface area contributed by atoms with Crippen LogP contribution in [0.1, 0.15) is 10.4 Å². The number of phenols is 1. The first-order valence-corrected chi connectivity index (χ1v) is 9.89. The summed E-state index contributed by atoms with van der Waals surface area (Å²) >= 11 is 11.7. The second-order valence-electron chi connectivity index (χ2n) is 5.71. The third-order valence-corrected chi connectivity index (χ3v) is 5.88. The zero-order valence-electron chi connectivity index (χ0n) is 14.8. The van der Waals surface area contributed by atoms with E-state index >= 15 is 0 Å². The minimum Gasteiger partial charge on any atom is -0.507 e. The van der Waals surface area contributed by atoms with E-state index in [4.69, 9.17) is 27.9 Å². The normalized spacial score (nSPS) is 11.3. The van der Waals surface area contributed by atoms with Crippen molar-refractivity contribution in [2.75, 3.05) is 26.0 Å². The molecule has 0 bridgehead atoms. The number of ether oxygens (including phenoxy) is 1. The number of esters is 1. The van der Waals surface area contributed by atoms with Gasteiger partial charge >= 0.3 is 5.97 Å². The highest BCUT2D eigenvalue weighted by Crippen LogP contribution is 2.26. The average Bonchev–Trinajstić information content (AvgIpc) is 2.63. The Morgan fingerprint density at radius 2 is 1.82 bits per heavy atom. The van der Waals surface area contributed by atoms with Gasteiger partial charge in [-0.25, -0.2) is 17.5 Å². The van der Waals surface area contributed by atoms with Crippen molar-refractivity contribution in [2.24, 2.45) is 0 Å². The molecular formula is C17H16Cl2N2O6S. The van der Waals surface area contributed by atoms with Crippen LogP contribution in [0, 0.1) is 0 Å². The molecule has 0 unspecified atom stereocenters. The van der Waals surface area contributed by atoms with Gasteiger partial charge in [0.1, 0.15) is 11.3 Å². The van der Waals surface area contributed by atoms with Crippen LogP contribution in [-0.4, -0.2) is 50.4 Å². The van der Waals surface area contributed by atoms with Crippen molar-refractivity contribution in [3.63, 3.8) is 0 Å². The number of aromatic hydroxyl groups is 1. The Morgan fingerprint density at radius 1 is 1.14 bits per heavy atom. The van der Waals surface area contributed by atoms with Crippen molar-refractivity contribution >= 4 is 50.8 Å². The van der Waals surface area contributed by atoms with Gasteiger partial charge in [-0.05, 0) is 36.4 Å². The van der Waals surface area contributed by atoms with Crippen LogP contribution in [0.15, 0.2) is 41.3 Å². The largest absolute Gasteiger partial charge is 0.507 e. The van der Waals surface area contributed by atoms with Crippen molar-refractivity contribution in [1.82, 2.24) is 4.31 Å². The number of carbonyl (C=O) groups excluding carboxylic acids is 2. The fraction of sp³-hybridized carbons (Fsp3) is 0.176. The van der Waals surface area contributed by atoms with Crippen LogP contribution in [-0.2, 0) is 19.6 Å². The Labute approximate surface area is 171 Å². The molecule has 2 aromatic rings. The van der Waals surface area contributed by atoms with Crippen molar-refractivity contribution in [3.8, 4) is 5.75 Å². The molecule has 2 aromatic carbocycles. The maximum atomic E-state index is 12.2. The number of carbonyl (C=O) groups is 2. The molecule has 28 heavy (non-hydrogen) atoms. The SMILES string of the molecule is CN(C)S(=O)(=O)c1ccc(Cl)c(NC(=O)COC(=O)c2cc(Cl)ccc2O)c1. The van der Waals surface area contributed by atoms with E-state index in [0.717, 1.165) is 4.31 Å². The standard InChI is InChI=1S/C17H16Cl2N2O6S/c1-21(2)28(25,26)11-4-5-13(19)14(8-11)20-16(23)9-27-17(24)12-7-10(18)3-6-15(12)22/h3-8,22H,9H2,1-2H3,(H,20,23). The first-order valence-electron chi connectivity index (χ1n) is 7.70. The highest BCUT2D eigenvalue weighted by molar-refractivity contribution is 7.89. The van der Waals surface area contributed by atoms with E-state index in [1.165, 1.54) is 50.5 Å². The summed E-state index contributed by atoms with van der Waals surface area (Å²) in [6.07, 6.45) is 0. The van der Waals surface area contributed by atoms with E-state index in [1.807, 2.05) is 0 Å². The molecule has 150 valence electrons. The van der Waals surface area contributed by atoms with E-state index in [-0.39, 0.29) is 31.9 Å². The predicted octanol–water partition coefficient (Wildman–Crippen LogP) is 2.74. The molecule has 0 heterocycles. The molecule has 1 amide bonds. The highest BCUT2D eigenvalue weighted by atomic mass is 35.5. The molecule has 0 fully saturated rings.